The highest BCUT2D eigenvalue weighted by molar-refractivity contribution is 5.71. The van der Waals surface area contributed by atoms with Gasteiger partial charge in [-0.05, 0) is 83.5 Å². The van der Waals surface area contributed by atoms with E-state index in [9.17, 15) is 14.4 Å². The maximum Gasteiger partial charge on any atom is 0.306 e. The molecule has 0 fully saturated rings. The van der Waals surface area contributed by atoms with Crippen LogP contribution >= 0.6 is 0 Å². The zero-order chi connectivity index (χ0) is 42.3. The molecule has 0 aliphatic carbocycles. The van der Waals surface area contributed by atoms with E-state index in [1.807, 2.05) is 54.7 Å². The number of ether oxygens (including phenoxy) is 3. The lowest BCUT2D eigenvalue weighted by Gasteiger charge is -2.18. The predicted molar refractivity (Wildman–Crippen MR) is 246 cm³/mol. The Bertz CT molecular complexity index is 1290. The third-order valence-corrected chi connectivity index (χ3v) is 8.87. The minimum Gasteiger partial charge on any atom is -0.462 e. The summed E-state index contributed by atoms with van der Waals surface area (Å²) in [7, 11) is 0. The summed E-state index contributed by atoms with van der Waals surface area (Å²) in [5.74, 6) is -1.08. The third kappa shape index (κ3) is 42.9. The van der Waals surface area contributed by atoms with Gasteiger partial charge >= 0.3 is 17.9 Å². The molecule has 1 atom stereocenters. The van der Waals surface area contributed by atoms with Gasteiger partial charge in [0.25, 0.3) is 0 Å². The predicted octanol–water partition coefficient (Wildman–Crippen LogP) is 14.6. The first kappa shape index (κ1) is 53.8. The molecule has 0 saturated carbocycles. The molecule has 0 aromatic carbocycles. The van der Waals surface area contributed by atoms with E-state index in [2.05, 4.69) is 87.6 Å². The van der Waals surface area contributed by atoms with Crippen molar-refractivity contribution >= 4 is 17.9 Å². The second-order valence-electron chi connectivity index (χ2n) is 14.4. The highest BCUT2D eigenvalue weighted by atomic mass is 16.6. The summed E-state index contributed by atoms with van der Waals surface area (Å²) in [4.78, 5) is 37.6. The van der Waals surface area contributed by atoms with E-state index >= 15 is 0 Å². The molecular weight excluding hydrogens is 721 g/mol. The van der Waals surface area contributed by atoms with Crippen molar-refractivity contribution in [3.8, 4) is 0 Å². The zero-order valence-corrected chi connectivity index (χ0v) is 36.8. The van der Waals surface area contributed by atoms with Crippen LogP contribution in [-0.4, -0.2) is 37.2 Å². The molecule has 0 spiro atoms. The summed E-state index contributed by atoms with van der Waals surface area (Å²) in [6, 6.07) is 0. The Morgan fingerprint density at radius 2 is 0.776 bits per heavy atom. The van der Waals surface area contributed by atoms with Crippen LogP contribution in [0.5, 0.6) is 0 Å². The van der Waals surface area contributed by atoms with Crippen LogP contribution in [0.15, 0.2) is 122 Å². The van der Waals surface area contributed by atoms with Gasteiger partial charge in [-0.2, -0.15) is 0 Å². The van der Waals surface area contributed by atoms with Gasteiger partial charge in [0.15, 0.2) is 6.10 Å². The quantitative estimate of drug-likeness (QED) is 0.0203. The van der Waals surface area contributed by atoms with Crippen molar-refractivity contribution in [2.45, 2.75) is 175 Å². The molecule has 0 aromatic rings. The largest absolute Gasteiger partial charge is 0.462 e. The third-order valence-electron chi connectivity index (χ3n) is 8.87. The fraction of sp³-hybridized carbons (Fsp3) is 0.558. The molecule has 324 valence electrons. The summed E-state index contributed by atoms with van der Waals surface area (Å²) in [5, 5.41) is 0. The number of carbonyl (C=O) groups is 3. The molecule has 0 aliphatic heterocycles. The van der Waals surface area contributed by atoms with Crippen molar-refractivity contribution in [1.82, 2.24) is 0 Å². The Morgan fingerprint density at radius 3 is 1.33 bits per heavy atom. The van der Waals surface area contributed by atoms with E-state index in [4.69, 9.17) is 14.2 Å². The van der Waals surface area contributed by atoms with E-state index < -0.39 is 12.1 Å². The van der Waals surface area contributed by atoms with Crippen LogP contribution in [0, 0.1) is 0 Å². The van der Waals surface area contributed by atoms with Gasteiger partial charge < -0.3 is 14.2 Å². The topological polar surface area (TPSA) is 78.9 Å². The average Bonchev–Trinajstić information content (AvgIpc) is 3.22. The van der Waals surface area contributed by atoms with Gasteiger partial charge in [0.1, 0.15) is 13.2 Å². The van der Waals surface area contributed by atoms with Crippen LogP contribution in [0.3, 0.4) is 0 Å². The molecule has 0 aromatic heterocycles. The number of rotatable bonds is 38. The molecular formula is C52H80O6. The Hall–Kier alpha value is -4.19. The molecule has 0 radical (unpaired) electrons. The molecule has 1 unspecified atom stereocenters. The van der Waals surface area contributed by atoms with E-state index in [0.29, 0.717) is 19.3 Å². The molecule has 0 saturated heterocycles. The summed E-state index contributed by atoms with van der Waals surface area (Å²) in [6.07, 6.45) is 62.0. The summed E-state index contributed by atoms with van der Waals surface area (Å²) < 4.78 is 16.6. The molecule has 0 N–H and O–H groups in total. The van der Waals surface area contributed by atoms with Crippen LogP contribution in [0.4, 0.5) is 0 Å². The number of esters is 3. The maximum atomic E-state index is 12.7. The van der Waals surface area contributed by atoms with Gasteiger partial charge in [-0.25, -0.2) is 0 Å². The molecule has 0 aliphatic rings. The normalized spacial score (nSPS) is 13.2. The smallest absolute Gasteiger partial charge is 0.306 e. The summed E-state index contributed by atoms with van der Waals surface area (Å²) in [5.41, 5.74) is 0. The lowest BCUT2D eigenvalue weighted by Crippen LogP contribution is -2.30. The number of unbranched alkanes of at least 4 members (excludes halogenated alkanes) is 13. The van der Waals surface area contributed by atoms with Crippen LogP contribution in [0.1, 0.15) is 168 Å². The first-order valence-corrected chi connectivity index (χ1v) is 22.6. The number of allylic oxidation sites excluding steroid dienone is 20. The highest BCUT2D eigenvalue weighted by Crippen LogP contribution is 2.11. The van der Waals surface area contributed by atoms with Gasteiger partial charge in [0, 0.05) is 19.3 Å². The Balaban J connectivity index is 4.54. The number of carbonyl (C=O) groups excluding carboxylic acids is 3. The van der Waals surface area contributed by atoms with Crippen molar-refractivity contribution in [3.05, 3.63) is 122 Å². The summed E-state index contributed by atoms with van der Waals surface area (Å²) in [6.45, 7) is 6.20. The molecule has 0 rings (SSSR count). The number of hydrogen-bond acceptors (Lipinski definition) is 6. The first-order chi connectivity index (χ1) is 28.5. The Kier molecular flexibility index (Phi) is 42.2. The van der Waals surface area contributed by atoms with Gasteiger partial charge in [-0.1, -0.05) is 187 Å². The maximum absolute atomic E-state index is 12.7. The van der Waals surface area contributed by atoms with Crippen LogP contribution in [-0.2, 0) is 28.6 Å². The monoisotopic (exact) mass is 801 g/mol. The van der Waals surface area contributed by atoms with Crippen molar-refractivity contribution in [2.24, 2.45) is 0 Å². The molecule has 0 bridgehead atoms. The van der Waals surface area contributed by atoms with E-state index in [1.165, 1.54) is 32.1 Å². The first-order valence-electron chi connectivity index (χ1n) is 22.6. The minimum absolute atomic E-state index is 0.132. The second-order valence-corrected chi connectivity index (χ2v) is 14.4. The van der Waals surface area contributed by atoms with Crippen molar-refractivity contribution in [2.75, 3.05) is 13.2 Å². The van der Waals surface area contributed by atoms with Crippen molar-refractivity contribution in [1.29, 1.82) is 0 Å². The molecule has 0 heterocycles. The zero-order valence-electron chi connectivity index (χ0n) is 36.8. The van der Waals surface area contributed by atoms with E-state index in [-0.39, 0.29) is 38.0 Å². The molecule has 6 heteroatoms. The minimum atomic E-state index is -0.837. The van der Waals surface area contributed by atoms with E-state index in [0.717, 1.165) is 83.5 Å². The fourth-order valence-electron chi connectivity index (χ4n) is 5.51. The SMILES string of the molecule is CC\C=C/C=C\C=C/C=C\C=C/CCCC(=O)OC(COC(=O)CCCC/C=C\C/C=C\CC)COC(=O)CCCCCCC\C=C/C=C\C=C/CCCCCCC. The lowest BCUT2D eigenvalue weighted by atomic mass is 10.1. The highest BCUT2D eigenvalue weighted by Gasteiger charge is 2.19. The second kappa shape index (κ2) is 45.5. The van der Waals surface area contributed by atoms with Gasteiger partial charge in [-0.3, -0.25) is 14.4 Å². The molecule has 0 amide bonds. The van der Waals surface area contributed by atoms with Gasteiger partial charge in [0.05, 0.1) is 0 Å². The Morgan fingerprint density at radius 1 is 0.379 bits per heavy atom. The van der Waals surface area contributed by atoms with Crippen LogP contribution < -0.4 is 0 Å². The van der Waals surface area contributed by atoms with Crippen molar-refractivity contribution in [3.63, 3.8) is 0 Å². The number of hydrogen-bond donors (Lipinski definition) is 0. The Labute approximate surface area is 354 Å². The standard InChI is InChI=1S/C52H80O6/c1-4-7-10-13-16-19-21-23-24-25-26-27-29-30-33-36-39-42-45-51(54)57-48-49(47-56-50(53)44-41-38-35-32-18-15-12-9-6-3)58-52(55)46-43-40-37-34-31-28-22-20-17-14-11-8-5-2/h8-9,11-12,14,17-18,20-28,31-32,34,37,49H,4-7,10,13,15-16,19,29-30,33,35-36,38-48H2,1-3H3/b11-8-,12-9-,17-14-,22-20-,23-21-,25-24-,27-26-,31-28-,32-18-,37-34-. The fourth-order valence-corrected chi connectivity index (χ4v) is 5.51. The van der Waals surface area contributed by atoms with Crippen LogP contribution in [0.25, 0.3) is 0 Å². The van der Waals surface area contributed by atoms with E-state index in [1.54, 1.807) is 0 Å². The molecule has 58 heavy (non-hydrogen) atoms. The van der Waals surface area contributed by atoms with Gasteiger partial charge in [0.2, 0.25) is 0 Å². The average molecular weight is 801 g/mol. The lowest BCUT2D eigenvalue weighted by molar-refractivity contribution is -0.167. The summed E-state index contributed by atoms with van der Waals surface area (Å²) >= 11 is 0. The van der Waals surface area contributed by atoms with Crippen LogP contribution in [0.2, 0.25) is 0 Å². The van der Waals surface area contributed by atoms with Gasteiger partial charge in [-0.15, -0.1) is 0 Å². The molecule has 6 nitrogen and oxygen atoms in total. The van der Waals surface area contributed by atoms with Crippen molar-refractivity contribution < 1.29 is 28.6 Å².